The van der Waals surface area contributed by atoms with Crippen molar-refractivity contribution in [1.82, 2.24) is 4.98 Å². The summed E-state index contributed by atoms with van der Waals surface area (Å²) in [6.07, 6.45) is 1.68. The third kappa shape index (κ3) is 3.50. The average Bonchev–Trinajstić information content (AvgIpc) is 1.90. The first-order chi connectivity index (χ1) is 3.93. The van der Waals surface area contributed by atoms with Gasteiger partial charge in [0.1, 0.15) is 5.82 Å². The number of hydrogen-bond acceptors (Lipinski definition) is 3. The number of nitrogens with zero attached hydrogens (tertiary/aromatic N) is 1. The number of rotatable bonds is 1. The highest BCUT2D eigenvalue weighted by Crippen LogP contribution is 1.94. The van der Waals surface area contributed by atoms with Crippen molar-refractivity contribution >= 4 is 30.6 Å². The lowest BCUT2D eigenvalue weighted by Gasteiger charge is -1.92. The molecule has 0 spiro atoms. The Balaban J connectivity index is 0. The second kappa shape index (κ2) is 6.61. The summed E-state index contributed by atoms with van der Waals surface area (Å²) in [5, 5.41) is 0. The van der Waals surface area contributed by atoms with Crippen molar-refractivity contribution in [2.45, 2.75) is 0 Å². The van der Waals surface area contributed by atoms with Crippen LogP contribution in [0.5, 0.6) is 0 Å². The quantitative estimate of drug-likeness (QED) is 0.507. The van der Waals surface area contributed by atoms with Gasteiger partial charge in [-0.15, -0.1) is 24.8 Å². The van der Waals surface area contributed by atoms with Crippen LogP contribution in [0.25, 0.3) is 0 Å². The largest absolute Gasteiger partial charge is 0.308 e. The Kier molecular flexibility index (Phi) is 8.06. The Labute approximate surface area is 71.8 Å². The molecule has 0 aliphatic carbocycles. The summed E-state index contributed by atoms with van der Waals surface area (Å²) >= 11 is 0. The van der Waals surface area contributed by atoms with E-state index in [-0.39, 0.29) is 24.8 Å². The van der Waals surface area contributed by atoms with Gasteiger partial charge in [0.15, 0.2) is 0 Å². The number of aromatic nitrogens is 1. The van der Waals surface area contributed by atoms with Crippen LogP contribution in [0.3, 0.4) is 0 Å². The minimum atomic E-state index is 0. The van der Waals surface area contributed by atoms with E-state index in [1.165, 1.54) is 0 Å². The number of hydrazine groups is 1. The topological polar surface area (TPSA) is 50.9 Å². The number of anilines is 1. The van der Waals surface area contributed by atoms with Crippen LogP contribution in [0.1, 0.15) is 0 Å². The van der Waals surface area contributed by atoms with E-state index in [1.54, 1.807) is 12.3 Å². The normalized spacial score (nSPS) is 6.90. The van der Waals surface area contributed by atoms with Gasteiger partial charge in [-0.25, -0.2) is 10.8 Å². The van der Waals surface area contributed by atoms with Crippen molar-refractivity contribution in [2.75, 3.05) is 5.43 Å². The van der Waals surface area contributed by atoms with Crippen LogP contribution in [0.2, 0.25) is 0 Å². The van der Waals surface area contributed by atoms with E-state index in [4.69, 9.17) is 5.84 Å². The zero-order valence-electron chi connectivity index (χ0n) is 5.15. The lowest BCUT2D eigenvalue weighted by atomic mass is 10.5. The van der Waals surface area contributed by atoms with Gasteiger partial charge in [-0.05, 0) is 12.1 Å². The fourth-order valence-corrected chi connectivity index (χ4v) is 0.448. The first-order valence-corrected chi connectivity index (χ1v) is 2.31. The molecule has 0 saturated heterocycles. The number of nitrogens with one attached hydrogen (secondary N) is 1. The van der Waals surface area contributed by atoms with E-state index in [9.17, 15) is 0 Å². The second-order valence-electron chi connectivity index (χ2n) is 1.36. The third-order valence-corrected chi connectivity index (χ3v) is 0.813. The number of nitrogen functional groups attached to an aromatic ring is 1. The van der Waals surface area contributed by atoms with Gasteiger partial charge in [-0.2, -0.15) is 0 Å². The zero-order chi connectivity index (χ0) is 5.82. The molecule has 0 aliphatic rings. The van der Waals surface area contributed by atoms with Crippen molar-refractivity contribution in [3.05, 3.63) is 24.4 Å². The van der Waals surface area contributed by atoms with Crippen LogP contribution in [-0.4, -0.2) is 4.98 Å². The highest BCUT2D eigenvalue weighted by molar-refractivity contribution is 5.85. The molecule has 0 aliphatic heterocycles. The highest BCUT2D eigenvalue weighted by atomic mass is 35.5. The Hall–Kier alpha value is -0.510. The Morgan fingerprint density at radius 2 is 2.00 bits per heavy atom. The molecule has 1 aromatic rings. The van der Waals surface area contributed by atoms with E-state index in [0.717, 1.165) is 0 Å². The van der Waals surface area contributed by atoms with E-state index in [0.29, 0.717) is 5.82 Å². The van der Waals surface area contributed by atoms with E-state index >= 15 is 0 Å². The summed E-state index contributed by atoms with van der Waals surface area (Å²) < 4.78 is 0. The lowest BCUT2D eigenvalue weighted by molar-refractivity contribution is 1.23. The third-order valence-electron chi connectivity index (χ3n) is 0.813. The Bertz CT molecular complexity index is 156. The molecule has 0 unspecified atom stereocenters. The maximum absolute atomic E-state index is 5.04. The minimum Gasteiger partial charge on any atom is -0.308 e. The van der Waals surface area contributed by atoms with Crippen LogP contribution < -0.4 is 11.3 Å². The minimum absolute atomic E-state index is 0. The zero-order valence-corrected chi connectivity index (χ0v) is 6.78. The van der Waals surface area contributed by atoms with Crippen molar-refractivity contribution in [3.63, 3.8) is 0 Å². The molecule has 5 heteroatoms. The van der Waals surface area contributed by atoms with Crippen LogP contribution in [0.15, 0.2) is 24.4 Å². The molecule has 0 radical (unpaired) electrons. The number of hydrogen-bond donors (Lipinski definition) is 2. The first-order valence-electron chi connectivity index (χ1n) is 2.31. The SMILES string of the molecule is Cl.Cl.NNc1ccccn1. The van der Waals surface area contributed by atoms with Gasteiger partial charge in [-0.3, -0.25) is 0 Å². The molecule has 0 atom stereocenters. The van der Waals surface area contributed by atoms with Crippen LogP contribution in [0.4, 0.5) is 5.82 Å². The molecule has 1 heterocycles. The lowest BCUT2D eigenvalue weighted by Crippen LogP contribution is -2.07. The smallest absolute Gasteiger partial charge is 0.139 e. The number of nitrogens with two attached hydrogens (primary N) is 1. The molecule has 3 N–H and O–H groups in total. The van der Waals surface area contributed by atoms with Crippen LogP contribution >= 0.6 is 24.8 Å². The molecular weight excluding hydrogens is 173 g/mol. The molecule has 0 aromatic carbocycles. The van der Waals surface area contributed by atoms with Gasteiger partial charge in [0.2, 0.25) is 0 Å². The molecule has 10 heavy (non-hydrogen) atoms. The Morgan fingerprint density at radius 1 is 1.30 bits per heavy atom. The number of pyridine rings is 1. The van der Waals surface area contributed by atoms with E-state index < -0.39 is 0 Å². The van der Waals surface area contributed by atoms with Gasteiger partial charge < -0.3 is 5.43 Å². The second-order valence-corrected chi connectivity index (χ2v) is 1.36. The molecule has 0 bridgehead atoms. The molecule has 0 fully saturated rings. The molecule has 3 nitrogen and oxygen atoms in total. The monoisotopic (exact) mass is 181 g/mol. The summed E-state index contributed by atoms with van der Waals surface area (Å²) in [5.41, 5.74) is 2.42. The van der Waals surface area contributed by atoms with Gasteiger partial charge in [0.25, 0.3) is 0 Å². The average molecular weight is 182 g/mol. The predicted octanol–water partition coefficient (Wildman–Crippen LogP) is 1.21. The maximum Gasteiger partial charge on any atom is 0.139 e. The van der Waals surface area contributed by atoms with Crippen molar-refractivity contribution in [1.29, 1.82) is 0 Å². The molecule has 1 rings (SSSR count). The fourth-order valence-electron chi connectivity index (χ4n) is 0.448. The predicted molar refractivity (Wildman–Crippen MR) is 46.5 cm³/mol. The van der Waals surface area contributed by atoms with Gasteiger partial charge in [0, 0.05) is 6.20 Å². The van der Waals surface area contributed by atoms with Gasteiger partial charge in [0.05, 0.1) is 0 Å². The van der Waals surface area contributed by atoms with Crippen molar-refractivity contribution in [3.8, 4) is 0 Å². The first kappa shape index (κ1) is 12.2. The van der Waals surface area contributed by atoms with Crippen molar-refractivity contribution < 1.29 is 0 Å². The standard InChI is InChI=1S/C5H7N3.2ClH/c6-8-5-3-1-2-4-7-5;;/h1-4H,6H2,(H,7,8);2*1H. The number of halogens is 2. The molecule has 1 aromatic heterocycles. The molecule has 0 saturated carbocycles. The molecule has 0 amide bonds. The van der Waals surface area contributed by atoms with E-state index in [2.05, 4.69) is 10.4 Å². The summed E-state index contributed by atoms with van der Waals surface area (Å²) in [7, 11) is 0. The van der Waals surface area contributed by atoms with Crippen LogP contribution in [0, 0.1) is 0 Å². The highest BCUT2D eigenvalue weighted by Gasteiger charge is 1.79. The molecular formula is C5H9Cl2N3. The maximum atomic E-state index is 5.04. The van der Waals surface area contributed by atoms with Gasteiger partial charge in [-0.1, -0.05) is 6.07 Å². The van der Waals surface area contributed by atoms with Crippen LogP contribution in [-0.2, 0) is 0 Å². The van der Waals surface area contributed by atoms with E-state index in [1.807, 2.05) is 12.1 Å². The summed E-state index contributed by atoms with van der Waals surface area (Å²) in [4.78, 5) is 3.86. The molecule has 58 valence electrons. The fraction of sp³-hybridized carbons (Fsp3) is 0. The van der Waals surface area contributed by atoms with Gasteiger partial charge >= 0.3 is 0 Å². The summed E-state index contributed by atoms with van der Waals surface area (Å²) in [6.45, 7) is 0. The summed E-state index contributed by atoms with van der Waals surface area (Å²) in [6, 6.07) is 5.49. The van der Waals surface area contributed by atoms with Crippen molar-refractivity contribution in [2.24, 2.45) is 5.84 Å². The Morgan fingerprint density at radius 3 is 2.30 bits per heavy atom. The summed E-state index contributed by atoms with van der Waals surface area (Å²) in [5.74, 6) is 5.72.